The molecular weight excluding hydrogens is 314 g/mol. The zero-order chi connectivity index (χ0) is 17.8. The van der Waals surface area contributed by atoms with Crippen LogP contribution in [0.3, 0.4) is 0 Å². The van der Waals surface area contributed by atoms with E-state index in [1.807, 2.05) is 17.0 Å². The number of amides is 1. The molecule has 5 heteroatoms. The standard InChI is InChI=1S/C20H31N3O2/c1-15-12-22(13-16(2)25-15)14-18-3-5-19(6-4-18)20(24)23-9-7-17(11-21)8-10-23/h3-6,15-17H,7-14,21H2,1-2H3/t15-,16+. The van der Waals surface area contributed by atoms with Gasteiger partial charge in [-0.05, 0) is 56.8 Å². The second-order valence-electron chi connectivity index (χ2n) is 7.62. The Kier molecular flexibility index (Phi) is 6.10. The van der Waals surface area contributed by atoms with Gasteiger partial charge in [-0.25, -0.2) is 0 Å². The lowest BCUT2D eigenvalue weighted by atomic mass is 9.96. The number of hydrogen-bond donors (Lipinski definition) is 1. The maximum atomic E-state index is 12.6. The molecule has 0 radical (unpaired) electrons. The first kappa shape index (κ1) is 18.4. The Bertz CT molecular complexity index is 557. The zero-order valence-corrected chi connectivity index (χ0v) is 15.5. The van der Waals surface area contributed by atoms with Crippen LogP contribution < -0.4 is 5.73 Å². The van der Waals surface area contributed by atoms with Gasteiger partial charge in [-0.2, -0.15) is 0 Å². The van der Waals surface area contributed by atoms with Gasteiger partial charge in [0.2, 0.25) is 0 Å². The second kappa shape index (κ2) is 8.30. The van der Waals surface area contributed by atoms with Crippen molar-refractivity contribution < 1.29 is 9.53 Å². The Morgan fingerprint density at radius 1 is 1.12 bits per heavy atom. The predicted molar refractivity (Wildman–Crippen MR) is 99.4 cm³/mol. The first-order valence-corrected chi connectivity index (χ1v) is 9.51. The van der Waals surface area contributed by atoms with Crippen LogP contribution in [0.4, 0.5) is 0 Å². The van der Waals surface area contributed by atoms with Gasteiger partial charge >= 0.3 is 0 Å². The molecular formula is C20H31N3O2. The Hall–Kier alpha value is -1.43. The van der Waals surface area contributed by atoms with Gasteiger partial charge in [0.25, 0.3) is 5.91 Å². The fourth-order valence-corrected chi connectivity index (χ4v) is 3.98. The number of piperidine rings is 1. The topological polar surface area (TPSA) is 58.8 Å². The molecule has 138 valence electrons. The minimum absolute atomic E-state index is 0.149. The van der Waals surface area contributed by atoms with Gasteiger partial charge in [0.05, 0.1) is 12.2 Å². The Morgan fingerprint density at radius 3 is 2.28 bits per heavy atom. The van der Waals surface area contributed by atoms with Gasteiger partial charge in [0.1, 0.15) is 0 Å². The molecule has 2 N–H and O–H groups in total. The Labute approximate surface area is 151 Å². The highest BCUT2D eigenvalue weighted by Gasteiger charge is 2.24. The number of likely N-dealkylation sites (tertiary alicyclic amines) is 1. The molecule has 0 spiro atoms. The van der Waals surface area contributed by atoms with Crippen LogP contribution in [0.25, 0.3) is 0 Å². The minimum atomic E-state index is 0.149. The van der Waals surface area contributed by atoms with Crippen LogP contribution in [0.5, 0.6) is 0 Å². The molecule has 1 aromatic carbocycles. The van der Waals surface area contributed by atoms with Crippen molar-refractivity contribution in [1.82, 2.24) is 9.80 Å². The van der Waals surface area contributed by atoms with Crippen LogP contribution >= 0.6 is 0 Å². The van der Waals surface area contributed by atoms with Crippen molar-refractivity contribution >= 4 is 5.91 Å². The lowest BCUT2D eigenvalue weighted by molar-refractivity contribution is -0.0704. The van der Waals surface area contributed by atoms with Crippen LogP contribution in [0.1, 0.15) is 42.6 Å². The third-order valence-electron chi connectivity index (χ3n) is 5.34. The van der Waals surface area contributed by atoms with Crippen molar-refractivity contribution in [2.45, 2.75) is 45.4 Å². The molecule has 2 aliphatic heterocycles. The van der Waals surface area contributed by atoms with E-state index in [0.717, 1.165) is 57.7 Å². The number of rotatable bonds is 4. The average Bonchev–Trinajstić information content (AvgIpc) is 2.61. The SMILES string of the molecule is C[C@@H]1CN(Cc2ccc(C(=O)N3CCC(CN)CC3)cc2)C[C@H](C)O1. The maximum Gasteiger partial charge on any atom is 0.253 e. The number of nitrogens with two attached hydrogens (primary N) is 1. The third kappa shape index (κ3) is 4.81. The van der Waals surface area contributed by atoms with Gasteiger partial charge in [0.15, 0.2) is 0 Å². The zero-order valence-electron chi connectivity index (χ0n) is 15.5. The summed E-state index contributed by atoms with van der Waals surface area (Å²) in [5.41, 5.74) is 7.77. The molecule has 0 bridgehead atoms. The number of benzene rings is 1. The van der Waals surface area contributed by atoms with Crippen molar-refractivity contribution in [3.8, 4) is 0 Å². The molecule has 5 nitrogen and oxygen atoms in total. The smallest absolute Gasteiger partial charge is 0.253 e. The Balaban J connectivity index is 1.56. The largest absolute Gasteiger partial charge is 0.373 e. The summed E-state index contributed by atoms with van der Waals surface area (Å²) >= 11 is 0. The van der Waals surface area contributed by atoms with Gasteiger partial charge in [-0.15, -0.1) is 0 Å². The average molecular weight is 345 g/mol. The molecule has 0 unspecified atom stereocenters. The summed E-state index contributed by atoms with van der Waals surface area (Å²) < 4.78 is 5.79. The van der Waals surface area contributed by atoms with Crippen LogP contribution in [-0.2, 0) is 11.3 Å². The molecule has 3 rings (SSSR count). The third-order valence-corrected chi connectivity index (χ3v) is 5.34. The molecule has 2 aliphatic rings. The van der Waals surface area contributed by atoms with E-state index >= 15 is 0 Å². The highest BCUT2D eigenvalue weighted by Crippen LogP contribution is 2.19. The van der Waals surface area contributed by atoms with E-state index in [-0.39, 0.29) is 18.1 Å². The number of hydrogen-bond acceptors (Lipinski definition) is 4. The summed E-state index contributed by atoms with van der Waals surface area (Å²) in [7, 11) is 0. The normalized spacial score (nSPS) is 26.0. The van der Waals surface area contributed by atoms with E-state index in [0.29, 0.717) is 5.92 Å². The number of ether oxygens (including phenoxy) is 1. The molecule has 25 heavy (non-hydrogen) atoms. The van der Waals surface area contributed by atoms with E-state index < -0.39 is 0 Å². The summed E-state index contributed by atoms with van der Waals surface area (Å²) in [6.07, 6.45) is 2.60. The van der Waals surface area contributed by atoms with Crippen molar-refractivity contribution in [1.29, 1.82) is 0 Å². The van der Waals surface area contributed by atoms with Crippen molar-refractivity contribution in [3.63, 3.8) is 0 Å². The first-order chi connectivity index (χ1) is 12.0. The molecule has 2 fully saturated rings. The van der Waals surface area contributed by atoms with Crippen molar-refractivity contribution in [2.24, 2.45) is 11.7 Å². The maximum absolute atomic E-state index is 12.6. The predicted octanol–water partition coefficient (Wildman–Crippen LogP) is 2.11. The molecule has 1 amide bonds. The highest BCUT2D eigenvalue weighted by molar-refractivity contribution is 5.94. The molecule has 0 aromatic heterocycles. The van der Waals surface area contributed by atoms with Gasteiger partial charge in [-0.1, -0.05) is 12.1 Å². The minimum Gasteiger partial charge on any atom is -0.373 e. The van der Waals surface area contributed by atoms with Gasteiger partial charge in [0, 0.05) is 38.3 Å². The monoisotopic (exact) mass is 345 g/mol. The Morgan fingerprint density at radius 2 is 1.72 bits per heavy atom. The van der Waals surface area contributed by atoms with Crippen LogP contribution in [0.2, 0.25) is 0 Å². The molecule has 0 aliphatic carbocycles. The van der Waals surface area contributed by atoms with Crippen molar-refractivity contribution in [2.75, 3.05) is 32.7 Å². The van der Waals surface area contributed by atoms with Crippen LogP contribution in [0.15, 0.2) is 24.3 Å². The second-order valence-corrected chi connectivity index (χ2v) is 7.62. The fourth-order valence-electron chi connectivity index (χ4n) is 3.98. The summed E-state index contributed by atoms with van der Waals surface area (Å²) in [6, 6.07) is 8.12. The highest BCUT2D eigenvalue weighted by atomic mass is 16.5. The molecule has 2 saturated heterocycles. The fraction of sp³-hybridized carbons (Fsp3) is 0.650. The lowest BCUT2D eigenvalue weighted by Gasteiger charge is -2.35. The molecule has 1 aromatic rings. The quantitative estimate of drug-likeness (QED) is 0.908. The number of carbonyl (C=O) groups is 1. The lowest BCUT2D eigenvalue weighted by Crippen LogP contribution is -2.44. The summed E-state index contributed by atoms with van der Waals surface area (Å²) in [5, 5.41) is 0. The summed E-state index contributed by atoms with van der Waals surface area (Å²) in [5.74, 6) is 0.723. The van der Waals surface area contributed by atoms with E-state index in [1.165, 1.54) is 5.56 Å². The summed E-state index contributed by atoms with van der Waals surface area (Å²) in [4.78, 5) is 17.0. The summed E-state index contributed by atoms with van der Waals surface area (Å²) in [6.45, 7) is 9.46. The van der Waals surface area contributed by atoms with Gasteiger partial charge < -0.3 is 15.4 Å². The number of carbonyl (C=O) groups excluding carboxylic acids is 1. The van der Waals surface area contributed by atoms with Crippen LogP contribution in [-0.4, -0.2) is 60.6 Å². The van der Waals surface area contributed by atoms with E-state index in [2.05, 4.69) is 30.9 Å². The number of nitrogens with zero attached hydrogens (tertiary/aromatic N) is 2. The van der Waals surface area contributed by atoms with E-state index in [9.17, 15) is 4.79 Å². The van der Waals surface area contributed by atoms with E-state index in [1.54, 1.807) is 0 Å². The molecule has 2 atom stereocenters. The molecule has 2 heterocycles. The first-order valence-electron chi connectivity index (χ1n) is 9.51. The van der Waals surface area contributed by atoms with E-state index in [4.69, 9.17) is 10.5 Å². The van der Waals surface area contributed by atoms with Gasteiger partial charge in [-0.3, -0.25) is 9.69 Å². The van der Waals surface area contributed by atoms with Crippen LogP contribution in [0, 0.1) is 5.92 Å². The van der Waals surface area contributed by atoms with Crippen molar-refractivity contribution in [3.05, 3.63) is 35.4 Å². The number of morpholine rings is 1. The molecule has 0 saturated carbocycles.